The molecule has 0 aliphatic heterocycles. The molecule has 1 amide bonds. The normalized spacial score (nSPS) is 10.4. The quantitative estimate of drug-likeness (QED) is 0.907. The van der Waals surface area contributed by atoms with Gasteiger partial charge in [-0.15, -0.1) is 0 Å². The van der Waals surface area contributed by atoms with Crippen molar-refractivity contribution in [2.24, 2.45) is 0 Å². The van der Waals surface area contributed by atoms with Crippen LogP contribution in [0.15, 0.2) is 29.1 Å². The fourth-order valence-electron chi connectivity index (χ4n) is 1.48. The molecule has 0 aliphatic rings. The second kappa shape index (κ2) is 4.77. The third-order valence-electron chi connectivity index (χ3n) is 2.34. The smallest absolute Gasteiger partial charge is 0.273 e. The van der Waals surface area contributed by atoms with Gasteiger partial charge in [0.05, 0.1) is 16.4 Å². The Hall–Kier alpha value is -1.89. The maximum Gasteiger partial charge on any atom is 0.273 e. The average molecular weight is 310 g/mol. The number of rotatable bonds is 2. The average Bonchev–Trinajstić information content (AvgIpc) is 2.77. The third-order valence-corrected chi connectivity index (χ3v) is 2.92. The van der Waals surface area contributed by atoms with Gasteiger partial charge in [-0.05, 0) is 22.0 Å². The number of hydrogen-bond acceptors (Lipinski definition) is 4. The van der Waals surface area contributed by atoms with E-state index in [1.807, 2.05) is 0 Å². The van der Waals surface area contributed by atoms with Crippen LogP contribution in [0, 0.1) is 0 Å². The van der Waals surface area contributed by atoms with Crippen molar-refractivity contribution in [2.75, 3.05) is 19.8 Å². The molecule has 7 heteroatoms. The van der Waals surface area contributed by atoms with Crippen LogP contribution in [-0.2, 0) is 0 Å². The molecule has 0 saturated carbocycles. The molecule has 94 valence electrons. The Balaban J connectivity index is 2.45. The second-order valence-corrected chi connectivity index (χ2v) is 4.76. The van der Waals surface area contributed by atoms with E-state index in [0.29, 0.717) is 17.1 Å². The molecule has 18 heavy (non-hydrogen) atoms. The van der Waals surface area contributed by atoms with Gasteiger partial charge < -0.3 is 10.6 Å². The maximum atomic E-state index is 11.8. The number of pyridine rings is 1. The first kappa shape index (κ1) is 12.6. The standard InChI is InChI=1S/C11H12BrN5O/c1-16(2)11(18)9-3-4-17(15-9)10-7(12)5-14-6-8(10)13/h3-6H,13H2,1-2H3. The zero-order chi connectivity index (χ0) is 13.3. The predicted molar refractivity (Wildman–Crippen MR) is 71.5 cm³/mol. The Kier molecular flexibility index (Phi) is 3.33. The fourth-order valence-corrected chi connectivity index (χ4v) is 2.01. The summed E-state index contributed by atoms with van der Waals surface area (Å²) in [4.78, 5) is 17.2. The molecule has 0 spiro atoms. The second-order valence-electron chi connectivity index (χ2n) is 3.90. The summed E-state index contributed by atoms with van der Waals surface area (Å²) in [6.07, 6.45) is 4.85. The van der Waals surface area contributed by atoms with E-state index in [1.54, 1.807) is 37.2 Å². The van der Waals surface area contributed by atoms with Crippen LogP contribution >= 0.6 is 15.9 Å². The molecule has 2 heterocycles. The lowest BCUT2D eigenvalue weighted by Crippen LogP contribution is -2.22. The van der Waals surface area contributed by atoms with Crippen molar-refractivity contribution in [2.45, 2.75) is 0 Å². The number of carbonyl (C=O) groups is 1. The minimum atomic E-state index is -0.155. The topological polar surface area (TPSA) is 77.0 Å². The van der Waals surface area contributed by atoms with Crippen LogP contribution in [0.3, 0.4) is 0 Å². The highest BCUT2D eigenvalue weighted by atomic mass is 79.9. The number of hydrogen-bond donors (Lipinski definition) is 1. The largest absolute Gasteiger partial charge is 0.396 e. The summed E-state index contributed by atoms with van der Waals surface area (Å²) in [5.41, 5.74) is 7.37. The zero-order valence-corrected chi connectivity index (χ0v) is 11.5. The van der Waals surface area contributed by atoms with E-state index >= 15 is 0 Å². The molecule has 0 saturated heterocycles. The molecule has 0 aromatic carbocycles. The number of amides is 1. The van der Waals surface area contributed by atoms with Crippen LogP contribution in [0.5, 0.6) is 0 Å². The van der Waals surface area contributed by atoms with Gasteiger partial charge in [-0.2, -0.15) is 5.10 Å². The first-order valence-electron chi connectivity index (χ1n) is 5.17. The molecule has 2 rings (SSSR count). The van der Waals surface area contributed by atoms with Crippen molar-refractivity contribution < 1.29 is 4.79 Å². The van der Waals surface area contributed by atoms with Gasteiger partial charge in [0.25, 0.3) is 5.91 Å². The molecule has 0 aliphatic carbocycles. The summed E-state index contributed by atoms with van der Waals surface area (Å²) >= 11 is 3.36. The van der Waals surface area contributed by atoms with Gasteiger partial charge in [-0.3, -0.25) is 9.78 Å². The van der Waals surface area contributed by atoms with Crippen LogP contribution in [0.25, 0.3) is 5.69 Å². The number of nitrogens with zero attached hydrogens (tertiary/aromatic N) is 4. The Labute approximate surface area is 113 Å². The number of carbonyl (C=O) groups excluding carboxylic acids is 1. The van der Waals surface area contributed by atoms with E-state index in [1.165, 1.54) is 11.1 Å². The van der Waals surface area contributed by atoms with E-state index in [-0.39, 0.29) is 5.91 Å². The van der Waals surface area contributed by atoms with E-state index in [9.17, 15) is 4.79 Å². The molecule has 0 atom stereocenters. The zero-order valence-electron chi connectivity index (χ0n) is 9.96. The third kappa shape index (κ3) is 2.21. The molecule has 0 radical (unpaired) electrons. The summed E-state index contributed by atoms with van der Waals surface area (Å²) in [5.74, 6) is -0.155. The van der Waals surface area contributed by atoms with Crippen LogP contribution < -0.4 is 5.73 Å². The van der Waals surface area contributed by atoms with E-state index in [4.69, 9.17) is 5.73 Å². The molecular formula is C11H12BrN5O. The minimum Gasteiger partial charge on any atom is -0.396 e. The van der Waals surface area contributed by atoms with Crippen LogP contribution in [0.4, 0.5) is 5.69 Å². The molecule has 2 N–H and O–H groups in total. The van der Waals surface area contributed by atoms with Gasteiger partial charge >= 0.3 is 0 Å². The van der Waals surface area contributed by atoms with Gasteiger partial charge in [0, 0.05) is 26.5 Å². The van der Waals surface area contributed by atoms with Gasteiger partial charge in [-0.25, -0.2) is 4.68 Å². The first-order chi connectivity index (χ1) is 8.50. The monoisotopic (exact) mass is 309 g/mol. The molecule has 0 fully saturated rings. The maximum absolute atomic E-state index is 11.8. The minimum absolute atomic E-state index is 0.155. The molecule has 2 aromatic rings. The SMILES string of the molecule is CN(C)C(=O)c1ccn(-c2c(N)cncc2Br)n1. The number of nitrogens with two attached hydrogens (primary N) is 1. The molecule has 0 unspecified atom stereocenters. The highest BCUT2D eigenvalue weighted by molar-refractivity contribution is 9.10. The number of nitrogen functional groups attached to an aromatic ring is 1. The lowest BCUT2D eigenvalue weighted by atomic mass is 10.3. The predicted octanol–water partition coefficient (Wildman–Crippen LogP) is 1.31. The number of anilines is 1. The highest BCUT2D eigenvalue weighted by Crippen LogP contribution is 2.24. The van der Waals surface area contributed by atoms with Gasteiger partial charge in [0.2, 0.25) is 0 Å². The lowest BCUT2D eigenvalue weighted by molar-refractivity contribution is 0.0821. The van der Waals surface area contributed by atoms with Crippen molar-refractivity contribution >= 4 is 27.5 Å². The Bertz CT molecular complexity index is 573. The van der Waals surface area contributed by atoms with E-state index in [2.05, 4.69) is 26.0 Å². The van der Waals surface area contributed by atoms with Crippen molar-refractivity contribution in [1.29, 1.82) is 0 Å². The van der Waals surface area contributed by atoms with Crippen molar-refractivity contribution in [1.82, 2.24) is 19.7 Å². The first-order valence-corrected chi connectivity index (χ1v) is 5.96. The van der Waals surface area contributed by atoms with Gasteiger partial charge in [-0.1, -0.05) is 0 Å². The highest BCUT2D eigenvalue weighted by Gasteiger charge is 2.14. The van der Waals surface area contributed by atoms with Gasteiger partial charge in [0.15, 0.2) is 5.69 Å². The molecule has 0 bridgehead atoms. The van der Waals surface area contributed by atoms with Crippen molar-refractivity contribution in [3.63, 3.8) is 0 Å². The summed E-state index contributed by atoms with van der Waals surface area (Å²) in [7, 11) is 3.36. The Morgan fingerprint density at radius 1 is 1.44 bits per heavy atom. The summed E-state index contributed by atoms with van der Waals surface area (Å²) in [5, 5.41) is 4.21. The molecule has 2 aromatic heterocycles. The lowest BCUT2D eigenvalue weighted by Gasteiger charge is -2.08. The number of halogens is 1. The van der Waals surface area contributed by atoms with E-state index in [0.717, 1.165) is 4.47 Å². The Morgan fingerprint density at radius 3 is 2.78 bits per heavy atom. The molecular weight excluding hydrogens is 298 g/mol. The Morgan fingerprint density at radius 2 is 2.17 bits per heavy atom. The van der Waals surface area contributed by atoms with E-state index < -0.39 is 0 Å². The number of aromatic nitrogens is 3. The van der Waals surface area contributed by atoms with Crippen LogP contribution in [0.1, 0.15) is 10.5 Å². The molecule has 6 nitrogen and oxygen atoms in total. The summed E-state index contributed by atoms with van der Waals surface area (Å²) < 4.78 is 2.27. The van der Waals surface area contributed by atoms with Crippen molar-refractivity contribution in [3.8, 4) is 5.69 Å². The summed E-state index contributed by atoms with van der Waals surface area (Å²) in [6, 6.07) is 1.65. The van der Waals surface area contributed by atoms with Crippen molar-refractivity contribution in [3.05, 3.63) is 34.8 Å². The summed E-state index contributed by atoms with van der Waals surface area (Å²) in [6.45, 7) is 0. The van der Waals surface area contributed by atoms with Gasteiger partial charge in [0.1, 0.15) is 5.69 Å². The van der Waals surface area contributed by atoms with Crippen LogP contribution in [-0.4, -0.2) is 39.7 Å². The fraction of sp³-hybridized carbons (Fsp3) is 0.182. The van der Waals surface area contributed by atoms with Crippen LogP contribution in [0.2, 0.25) is 0 Å².